The predicted octanol–water partition coefficient (Wildman–Crippen LogP) is 5.35. The van der Waals surface area contributed by atoms with Gasteiger partial charge < -0.3 is 19.9 Å². The van der Waals surface area contributed by atoms with Crippen molar-refractivity contribution in [3.05, 3.63) is 51.7 Å². The Balaban J connectivity index is 1.47. The summed E-state index contributed by atoms with van der Waals surface area (Å²) in [4.78, 5) is 31.4. The molecule has 1 saturated carbocycles. The smallest absolute Gasteiger partial charge is 0.318 e. The van der Waals surface area contributed by atoms with Crippen molar-refractivity contribution in [3.8, 4) is 5.75 Å². The highest BCUT2D eigenvalue weighted by Gasteiger charge is 2.38. The van der Waals surface area contributed by atoms with Crippen molar-refractivity contribution in [2.24, 2.45) is 0 Å². The minimum Gasteiger partial charge on any atom is -0.491 e. The van der Waals surface area contributed by atoms with Gasteiger partial charge in [-0.25, -0.2) is 4.79 Å². The second-order valence-corrected chi connectivity index (χ2v) is 11.7. The lowest BCUT2D eigenvalue weighted by Gasteiger charge is -2.37. The van der Waals surface area contributed by atoms with Crippen molar-refractivity contribution in [1.29, 1.82) is 0 Å². The summed E-state index contributed by atoms with van der Waals surface area (Å²) in [7, 11) is 0. The molecule has 1 aromatic heterocycles. The fourth-order valence-corrected chi connectivity index (χ4v) is 5.31. The summed E-state index contributed by atoms with van der Waals surface area (Å²) in [5.74, 6) is 1.26. The molecule has 184 valence electrons. The van der Waals surface area contributed by atoms with E-state index in [0.717, 1.165) is 25.0 Å². The highest BCUT2D eigenvalue weighted by molar-refractivity contribution is 7.10. The van der Waals surface area contributed by atoms with Crippen LogP contribution >= 0.6 is 11.3 Å². The number of benzene rings is 1. The summed E-state index contributed by atoms with van der Waals surface area (Å²) in [6, 6.07) is 10.2. The Morgan fingerprint density at radius 3 is 2.50 bits per heavy atom. The number of urea groups is 1. The fourth-order valence-electron chi connectivity index (χ4n) is 4.38. The van der Waals surface area contributed by atoms with E-state index < -0.39 is 0 Å². The molecule has 0 spiro atoms. The molecule has 1 aliphatic heterocycles. The molecule has 2 heterocycles. The van der Waals surface area contributed by atoms with Crippen LogP contribution in [0.1, 0.15) is 75.4 Å². The molecular weight excluding hydrogens is 446 g/mol. The Bertz CT molecular complexity index is 1000. The SMILES string of the molecule is CC(C)c1ccc(OCC2c3ccsc3CCN2C(=O)CN(C(=O)NC(C)(C)C)C2CC2)cc1. The highest BCUT2D eigenvalue weighted by Crippen LogP contribution is 2.35. The van der Waals surface area contributed by atoms with Gasteiger partial charge in [0.2, 0.25) is 5.91 Å². The van der Waals surface area contributed by atoms with Crippen molar-refractivity contribution < 1.29 is 14.3 Å². The third kappa shape index (κ3) is 5.93. The average Bonchev–Trinajstić information content (AvgIpc) is 3.50. The molecular formula is C27H37N3O3S. The summed E-state index contributed by atoms with van der Waals surface area (Å²) < 4.78 is 6.18. The summed E-state index contributed by atoms with van der Waals surface area (Å²) >= 11 is 1.74. The highest BCUT2D eigenvalue weighted by atomic mass is 32.1. The van der Waals surface area contributed by atoms with Gasteiger partial charge in [-0.15, -0.1) is 11.3 Å². The number of hydrogen-bond acceptors (Lipinski definition) is 4. The Hall–Kier alpha value is -2.54. The van der Waals surface area contributed by atoms with E-state index in [-0.39, 0.29) is 36.1 Å². The number of nitrogens with one attached hydrogen (secondary N) is 1. The lowest BCUT2D eigenvalue weighted by atomic mass is 10.00. The second-order valence-electron chi connectivity index (χ2n) is 10.7. The Morgan fingerprint density at radius 1 is 1.18 bits per heavy atom. The molecule has 0 radical (unpaired) electrons. The maximum atomic E-state index is 13.5. The summed E-state index contributed by atoms with van der Waals surface area (Å²) in [5, 5.41) is 5.12. The van der Waals surface area contributed by atoms with Gasteiger partial charge in [0.05, 0.1) is 6.04 Å². The molecule has 4 rings (SSSR count). The van der Waals surface area contributed by atoms with Gasteiger partial charge in [0.1, 0.15) is 18.9 Å². The molecule has 1 aromatic carbocycles. The van der Waals surface area contributed by atoms with Crippen LogP contribution in [0, 0.1) is 0 Å². The molecule has 0 saturated heterocycles. The molecule has 2 aromatic rings. The Kier molecular flexibility index (Phi) is 7.22. The van der Waals surface area contributed by atoms with Crippen LogP contribution in [0.25, 0.3) is 0 Å². The number of fused-ring (bicyclic) bond motifs is 1. The van der Waals surface area contributed by atoms with Crippen molar-refractivity contribution in [2.45, 2.75) is 77.4 Å². The van der Waals surface area contributed by atoms with Crippen LogP contribution in [0.15, 0.2) is 35.7 Å². The summed E-state index contributed by atoms with van der Waals surface area (Å²) in [6.45, 7) is 11.4. The molecule has 34 heavy (non-hydrogen) atoms. The fraction of sp³-hybridized carbons (Fsp3) is 0.556. The molecule has 3 amide bonds. The normalized spacial score (nSPS) is 17.9. The molecule has 2 aliphatic rings. The van der Waals surface area contributed by atoms with Crippen molar-refractivity contribution in [2.75, 3.05) is 19.7 Å². The van der Waals surface area contributed by atoms with Crippen LogP contribution in [-0.4, -0.2) is 53.0 Å². The monoisotopic (exact) mass is 483 g/mol. The van der Waals surface area contributed by atoms with Crippen LogP contribution in [0.3, 0.4) is 0 Å². The van der Waals surface area contributed by atoms with E-state index in [2.05, 4.69) is 42.7 Å². The van der Waals surface area contributed by atoms with Gasteiger partial charge in [0.15, 0.2) is 0 Å². The zero-order chi connectivity index (χ0) is 24.5. The predicted molar refractivity (Wildman–Crippen MR) is 137 cm³/mol. The lowest BCUT2D eigenvalue weighted by molar-refractivity contribution is -0.135. The van der Waals surface area contributed by atoms with Gasteiger partial charge >= 0.3 is 6.03 Å². The molecule has 6 nitrogen and oxygen atoms in total. The Labute approximate surface area is 207 Å². The summed E-state index contributed by atoms with van der Waals surface area (Å²) in [6.07, 6.45) is 2.76. The maximum Gasteiger partial charge on any atom is 0.318 e. The number of ether oxygens (including phenoxy) is 1. The van der Waals surface area contributed by atoms with Gasteiger partial charge in [-0.05, 0) is 80.7 Å². The maximum absolute atomic E-state index is 13.5. The first-order valence-electron chi connectivity index (χ1n) is 12.3. The molecule has 7 heteroatoms. The van der Waals surface area contributed by atoms with E-state index in [1.165, 1.54) is 16.0 Å². The summed E-state index contributed by atoms with van der Waals surface area (Å²) in [5.41, 5.74) is 2.10. The molecule has 0 bridgehead atoms. The van der Waals surface area contributed by atoms with Crippen LogP contribution in [0.4, 0.5) is 4.79 Å². The van der Waals surface area contributed by atoms with Crippen LogP contribution in [0.5, 0.6) is 5.75 Å². The number of thiophene rings is 1. The molecule has 1 N–H and O–H groups in total. The zero-order valence-electron chi connectivity index (χ0n) is 21.0. The standard InChI is InChI=1S/C27H37N3O3S/c1-18(2)19-6-10-21(11-7-19)33-17-23-22-13-15-34-24(22)12-14-29(23)25(31)16-30(20-8-9-20)26(32)28-27(3,4)5/h6-7,10-11,13,15,18,20,23H,8-9,12,14,16-17H2,1-5H3,(H,28,32). The Morgan fingerprint density at radius 2 is 1.88 bits per heavy atom. The quantitative estimate of drug-likeness (QED) is 0.578. The van der Waals surface area contributed by atoms with Crippen molar-refractivity contribution >= 4 is 23.3 Å². The van der Waals surface area contributed by atoms with Gasteiger partial charge in [0, 0.05) is 23.0 Å². The topological polar surface area (TPSA) is 61.9 Å². The van der Waals surface area contributed by atoms with E-state index in [1.807, 2.05) is 37.8 Å². The first-order valence-corrected chi connectivity index (χ1v) is 13.2. The first kappa shape index (κ1) is 24.6. The lowest BCUT2D eigenvalue weighted by Crippen LogP contribution is -2.53. The van der Waals surface area contributed by atoms with E-state index >= 15 is 0 Å². The number of amides is 3. The van der Waals surface area contributed by atoms with Crippen molar-refractivity contribution in [1.82, 2.24) is 15.1 Å². The van der Waals surface area contributed by atoms with E-state index in [0.29, 0.717) is 19.1 Å². The van der Waals surface area contributed by atoms with E-state index in [9.17, 15) is 9.59 Å². The average molecular weight is 484 g/mol. The van der Waals surface area contributed by atoms with E-state index in [1.54, 1.807) is 16.2 Å². The van der Waals surface area contributed by atoms with Gasteiger partial charge in [-0.1, -0.05) is 26.0 Å². The van der Waals surface area contributed by atoms with Crippen LogP contribution in [0.2, 0.25) is 0 Å². The molecule has 1 fully saturated rings. The number of hydrogen-bond donors (Lipinski definition) is 1. The van der Waals surface area contributed by atoms with E-state index in [4.69, 9.17) is 4.74 Å². The number of carbonyl (C=O) groups is 2. The molecule has 1 unspecified atom stereocenters. The van der Waals surface area contributed by atoms with Crippen molar-refractivity contribution in [3.63, 3.8) is 0 Å². The zero-order valence-corrected chi connectivity index (χ0v) is 21.8. The third-order valence-electron chi connectivity index (χ3n) is 6.41. The minimum atomic E-state index is -0.342. The number of nitrogens with zero attached hydrogens (tertiary/aromatic N) is 2. The number of rotatable bonds is 7. The van der Waals surface area contributed by atoms with Crippen LogP contribution in [-0.2, 0) is 11.2 Å². The first-order chi connectivity index (χ1) is 16.1. The second kappa shape index (κ2) is 9.98. The molecule has 1 atom stereocenters. The van der Waals surface area contributed by atoms with Gasteiger partial charge in [0.25, 0.3) is 0 Å². The van der Waals surface area contributed by atoms with Gasteiger partial charge in [-0.2, -0.15) is 0 Å². The van der Waals surface area contributed by atoms with Crippen LogP contribution < -0.4 is 10.1 Å². The number of carbonyl (C=O) groups excluding carboxylic acids is 2. The van der Waals surface area contributed by atoms with Gasteiger partial charge in [-0.3, -0.25) is 4.79 Å². The largest absolute Gasteiger partial charge is 0.491 e. The minimum absolute atomic E-state index is 0.0171. The molecule has 1 aliphatic carbocycles. The third-order valence-corrected chi connectivity index (χ3v) is 7.40.